The first-order valence-corrected chi connectivity index (χ1v) is 8.19. The number of rotatable bonds is 7. The number of ether oxygens (including phenoxy) is 1. The number of carboxylic acids is 1. The number of hydrogen-bond donors (Lipinski definition) is 2. The van der Waals surface area contributed by atoms with Crippen molar-refractivity contribution in [1.82, 2.24) is 30.5 Å². The lowest BCUT2D eigenvalue weighted by Gasteiger charge is -2.06. The van der Waals surface area contributed by atoms with E-state index in [0.29, 0.717) is 11.4 Å². The van der Waals surface area contributed by atoms with Crippen LogP contribution in [-0.4, -0.2) is 48.7 Å². The third-order valence-electron chi connectivity index (χ3n) is 3.30. The lowest BCUT2D eigenvalue weighted by molar-refractivity contribution is -0.136. The average molecular weight is 443 g/mol. The summed E-state index contributed by atoms with van der Waals surface area (Å²) in [6, 6.07) is 7.27. The molecule has 0 saturated heterocycles. The molecule has 0 unspecified atom stereocenters. The van der Waals surface area contributed by atoms with Gasteiger partial charge in [0.05, 0.1) is 17.1 Å². The Labute approximate surface area is 174 Å². The number of carbonyl (C=O) groups excluding carboxylic acids is 1. The van der Waals surface area contributed by atoms with E-state index in [9.17, 15) is 14.0 Å². The second kappa shape index (κ2) is 9.75. The van der Waals surface area contributed by atoms with E-state index >= 15 is 0 Å². The minimum Gasteiger partial charge on any atom is -0.481 e. The van der Waals surface area contributed by atoms with Crippen molar-refractivity contribution >= 4 is 35.9 Å². The van der Waals surface area contributed by atoms with E-state index < -0.39 is 17.7 Å². The summed E-state index contributed by atoms with van der Waals surface area (Å²) in [4.78, 5) is 27.1. The maximum absolute atomic E-state index is 13.7. The molecule has 0 aliphatic heterocycles. The highest BCUT2D eigenvalue weighted by atomic mass is 35.5. The molecule has 0 spiro atoms. The first kappa shape index (κ1) is 22.0. The lowest BCUT2D eigenvalue weighted by atomic mass is 10.3. The highest BCUT2D eigenvalue weighted by Crippen LogP contribution is 2.24. The number of hydrogen-bond acceptors (Lipinski definition) is 7. The Bertz CT molecular complexity index is 1010. The van der Waals surface area contributed by atoms with Crippen molar-refractivity contribution in [3.63, 3.8) is 0 Å². The smallest absolute Gasteiger partial charge is 0.305 e. The van der Waals surface area contributed by atoms with Gasteiger partial charge in [-0.05, 0) is 35.5 Å². The van der Waals surface area contributed by atoms with Crippen LogP contribution in [0.25, 0.3) is 5.69 Å². The fourth-order valence-electron chi connectivity index (χ4n) is 2.01. The van der Waals surface area contributed by atoms with Crippen molar-refractivity contribution in [3.8, 4) is 17.3 Å². The number of carboxylic acid groups (broad SMARTS) is 1. The topological polar surface area (TPSA) is 132 Å². The molecule has 2 aromatic heterocycles. The van der Waals surface area contributed by atoms with Gasteiger partial charge in [0.2, 0.25) is 0 Å². The Morgan fingerprint density at radius 2 is 2.00 bits per heavy atom. The zero-order chi connectivity index (χ0) is 20.1. The summed E-state index contributed by atoms with van der Waals surface area (Å²) in [7, 11) is 0. The van der Waals surface area contributed by atoms with Crippen LogP contribution in [0.2, 0.25) is 5.02 Å². The maximum Gasteiger partial charge on any atom is 0.305 e. The van der Waals surface area contributed by atoms with E-state index in [-0.39, 0.29) is 42.1 Å². The van der Waals surface area contributed by atoms with Crippen LogP contribution in [0.3, 0.4) is 0 Å². The Hall–Kier alpha value is -3.31. The van der Waals surface area contributed by atoms with Crippen LogP contribution in [-0.2, 0) is 4.79 Å². The molecule has 3 aromatic rings. The van der Waals surface area contributed by atoms with Crippen molar-refractivity contribution in [1.29, 1.82) is 0 Å². The van der Waals surface area contributed by atoms with Crippen molar-refractivity contribution in [3.05, 3.63) is 53.2 Å². The Kier molecular flexibility index (Phi) is 7.39. The van der Waals surface area contributed by atoms with Crippen LogP contribution < -0.4 is 10.1 Å². The predicted molar refractivity (Wildman–Crippen MR) is 100 cm³/mol. The highest BCUT2D eigenvalue weighted by Gasteiger charge is 2.14. The number of tetrazole rings is 1. The number of halogens is 3. The minimum atomic E-state index is -1.03. The molecular formula is C16H13Cl2FN6O4. The van der Waals surface area contributed by atoms with Crippen LogP contribution >= 0.6 is 24.0 Å². The summed E-state index contributed by atoms with van der Waals surface area (Å²) in [5.41, 5.74) is 0.467. The van der Waals surface area contributed by atoms with E-state index in [0.717, 1.165) is 10.9 Å². The number of carbonyl (C=O) groups is 2. The minimum absolute atomic E-state index is 0. The molecule has 29 heavy (non-hydrogen) atoms. The fourth-order valence-corrected chi connectivity index (χ4v) is 2.16. The molecule has 0 bridgehead atoms. The van der Waals surface area contributed by atoms with Crippen molar-refractivity contribution < 1.29 is 23.8 Å². The van der Waals surface area contributed by atoms with Crippen molar-refractivity contribution in [2.24, 2.45) is 0 Å². The van der Waals surface area contributed by atoms with Gasteiger partial charge in [-0.15, -0.1) is 27.4 Å². The molecule has 2 heterocycles. The molecule has 2 N–H and O–H groups in total. The summed E-state index contributed by atoms with van der Waals surface area (Å²) in [6.45, 7) is -0.0516. The number of amides is 1. The van der Waals surface area contributed by atoms with Crippen molar-refractivity contribution in [2.45, 2.75) is 6.42 Å². The second-order valence-corrected chi connectivity index (χ2v) is 5.78. The Morgan fingerprint density at radius 3 is 2.66 bits per heavy atom. The third-order valence-corrected chi connectivity index (χ3v) is 3.50. The van der Waals surface area contributed by atoms with Gasteiger partial charge in [0.15, 0.2) is 5.82 Å². The molecule has 0 fully saturated rings. The SMILES string of the molecule is Cl.O=C(O)CCNC(=O)c1nnn(-c2ccc(Oc3ncc(Cl)cc3F)cc2)n1. The fraction of sp³-hybridized carbons (Fsp3) is 0.125. The average Bonchev–Trinajstić information content (AvgIpc) is 3.14. The highest BCUT2D eigenvalue weighted by molar-refractivity contribution is 6.30. The van der Waals surface area contributed by atoms with E-state index in [2.05, 4.69) is 25.7 Å². The van der Waals surface area contributed by atoms with Gasteiger partial charge < -0.3 is 15.2 Å². The van der Waals surface area contributed by atoms with Gasteiger partial charge in [-0.3, -0.25) is 9.59 Å². The zero-order valence-corrected chi connectivity index (χ0v) is 16.0. The first-order chi connectivity index (χ1) is 13.4. The third kappa shape index (κ3) is 5.83. The van der Waals surface area contributed by atoms with Crippen LogP contribution in [0.4, 0.5) is 4.39 Å². The number of nitrogens with zero attached hydrogens (tertiary/aromatic N) is 5. The van der Waals surface area contributed by atoms with Gasteiger partial charge in [-0.1, -0.05) is 11.6 Å². The predicted octanol–water partition coefficient (Wildman–Crippen LogP) is 2.27. The van der Waals surface area contributed by atoms with Crippen LogP contribution in [0, 0.1) is 5.82 Å². The Morgan fingerprint density at radius 1 is 1.28 bits per heavy atom. The largest absolute Gasteiger partial charge is 0.481 e. The monoisotopic (exact) mass is 442 g/mol. The van der Waals surface area contributed by atoms with Gasteiger partial charge in [0.1, 0.15) is 5.75 Å². The molecule has 13 heteroatoms. The number of aliphatic carboxylic acids is 1. The molecule has 152 valence electrons. The van der Waals surface area contributed by atoms with Gasteiger partial charge in [0.25, 0.3) is 17.6 Å². The standard InChI is InChI=1S/C16H12ClFN6O4.ClH/c17-9-7-12(18)16(20-8-9)28-11-3-1-10(2-4-11)24-22-14(21-23-24)15(27)19-6-5-13(25)26;/h1-4,7-8H,5-6H2,(H,19,27)(H,25,26);1H. The van der Waals surface area contributed by atoms with E-state index in [1.807, 2.05) is 0 Å². The van der Waals surface area contributed by atoms with Crippen LogP contribution in [0.1, 0.15) is 17.0 Å². The quantitative estimate of drug-likeness (QED) is 0.569. The number of pyridine rings is 1. The van der Waals surface area contributed by atoms with E-state index in [1.165, 1.54) is 18.3 Å². The summed E-state index contributed by atoms with van der Waals surface area (Å²) in [5, 5.41) is 22.4. The van der Waals surface area contributed by atoms with Gasteiger partial charge in [-0.2, -0.15) is 0 Å². The molecule has 0 saturated carbocycles. The molecule has 0 aliphatic rings. The summed E-state index contributed by atoms with van der Waals surface area (Å²) in [5.74, 6) is -2.50. The normalized spacial score (nSPS) is 10.1. The molecule has 0 atom stereocenters. The summed E-state index contributed by atoms with van der Waals surface area (Å²) < 4.78 is 19.1. The molecule has 0 radical (unpaired) electrons. The van der Waals surface area contributed by atoms with Crippen LogP contribution in [0.15, 0.2) is 36.5 Å². The Balaban J connectivity index is 0.00000300. The van der Waals surface area contributed by atoms with Crippen LogP contribution in [0.5, 0.6) is 11.6 Å². The summed E-state index contributed by atoms with van der Waals surface area (Å²) in [6.07, 6.45) is 1.04. The first-order valence-electron chi connectivity index (χ1n) is 7.82. The molecule has 3 rings (SSSR count). The molecule has 0 aliphatic carbocycles. The van der Waals surface area contributed by atoms with Gasteiger partial charge in [-0.25, -0.2) is 9.37 Å². The molecular weight excluding hydrogens is 430 g/mol. The number of aromatic nitrogens is 5. The van der Waals surface area contributed by atoms with Crippen molar-refractivity contribution in [2.75, 3.05) is 6.54 Å². The molecule has 1 amide bonds. The van der Waals surface area contributed by atoms with E-state index in [4.69, 9.17) is 21.4 Å². The maximum atomic E-state index is 13.7. The van der Waals surface area contributed by atoms with Gasteiger partial charge >= 0.3 is 5.97 Å². The summed E-state index contributed by atoms with van der Waals surface area (Å²) >= 11 is 5.64. The number of benzene rings is 1. The zero-order valence-electron chi connectivity index (χ0n) is 14.5. The second-order valence-electron chi connectivity index (χ2n) is 5.34. The molecule has 1 aromatic carbocycles. The van der Waals surface area contributed by atoms with Gasteiger partial charge in [0, 0.05) is 12.7 Å². The lowest BCUT2D eigenvalue weighted by Crippen LogP contribution is -2.27. The molecule has 10 nitrogen and oxygen atoms in total. The van der Waals surface area contributed by atoms with E-state index in [1.54, 1.807) is 12.1 Å². The number of nitrogens with one attached hydrogen (secondary N) is 1.